The zero-order chi connectivity index (χ0) is 13.3. The fourth-order valence-corrected chi connectivity index (χ4v) is 3.23. The van der Waals surface area contributed by atoms with Crippen molar-refractivity contribution in [3.8, 4) is 5.75 Å². The van der Waals surface area contributed by atoms with E-state index in [1.807, 2.05) is 6.07 Å². The van der Waals surface area contributed by atoms with Gasteiger partial charge in [0.25, 0.3) is 0 Å². The molecule has 0 saturated carbocycles. The number of rotatable bonds is 2. The fraction of sp³-hybridized carbons (Fsp3) is 0.625. The van der Waals surface area contributed by atoms with Crippen LogP contribution in [0.4, 0.5) is 0 Å². The van der Waals surface area contributed by atoms with E-state index >= 15 is 0 Å². The maximum atomic E-state index is 5.36. The van der Waals surface area contributed by atoms with Gasteiger partial charge in [-0.1, -0.05) is 32.9 Å². The smallest absolute Gasteiger partial charge is 0.119 e. The van der Waals surface area contributed by atoms with Crippen LogP contribution in [0.1, 0.15) is 38.8 Å². The van der Waals surface area contributed by atoms with E-state index in [0.717, 1.165) is 11.7 Å². The Bertz CT molecular complexity index is 413. The van der Waals surface area contributed by atoms with Crippen LogP contribution in [-0.4, -0.2) is 25.6 Å². The number of methoxy groups -OCH3 is 1. The van der Waals surface area contributed by atoms with Crippen LogP contribution in [0.2, 0.25) is 0 Å². The second-order valence-corrected chi connectivity index (χ2v) is 6.17. The average molecular weight is 247 g/mol. The molecule has 0 bridgehead atoms. The molecule has 2 nitrogen and oxygen atoms in total. The van der Waals surface area contributed by atoms with Gasteiger partial charge in [0.15, 0.2) is 0 Å². The molecule has 1 aliphatic heterocycles. The molecular formula is C16H25NO. The number of benzene rings is 1. The van der Waals surface area contributed by atoms with Crippen LogP contribution in [0.25, 0.3) is 0 Å². The SMILES string of the molecule is COc1cccc(C2N(C)CCC(C)C2(C)C)c1. The van der Waals surface area contributed by atoms with Crippen molar-refractivity contribution in [2.75, 3.05) is 20.7 Å². The molecule has 0 aliphatic carbocycles. The number of hydrogen-bond acceptors (Lipinski definition) is 2. The molecule has 18 heavy (non-hydrogen) atoms. The van der Waals surface area contributed by atoms with Crippen molar-refractivity contribution in [1.29, 1.82) is 0 Å². The minimum absolute atomic E-state index is 0.291. The van der Waals surface area contributed by atoms with Crippen molar-refractivity contribution in [1.82, 2.24) is 4.90 Å². The average Bonchev–Trinajstić information content (AvgIpc) is 2.34. The summed E-state index contributed by atoms with van der Waals surface area (Å²) in [6, 6.07) is 8.99. The molecule has 0 spiro atoms. The summed E-state index contributed by atoms with van der Waals surface area (Å²) in [6.07, 6.45) is 1.28. The Morgan fingerprint density at radius 3 is 2.72 bits per heavy atom. The Morgan fingerprint density at radius 2 is 2.06 bits per heavy atom. The third-order valence-corrected chi connectivity index (χ3v) is 4.74. The van der Waals surface area contributed by atoms with Gasteiger partial charge < -0.3 is 4.74 Å². The van der Waals surface area contributed by atoms with E-state index in [4.69, 9.17) is 4.74 Å². The van der Waals surface area contributed by atoms with Gasteiger partial charge in [-0.25, -0.2) is 0 Å². The number of hydrogen-bond donors (Lipinski definition) is 0. The summed E-state index contributed by atoms with van der Waals surface area (Å²) in [5, 5.41) is 0. The highest BCUT2D eigenvalue weighted by atomic mass is 16.5. The molecule has 2 rings (SSSR count). The lowest BCUT2D eigenvalue weighted by atomic mass is 9.67. The van der Waals surface area contributed by atoms with Gasteiger partial charge in [0.2, 0.25) is 0 Å². The van der Waals surface area contributed by atoms with Crippen LogP contribution in [0.15, 0.2) is 24.3 Å². The summed E-state index contributed by atoms with van der Waals surface area (Å²) in [5.74, 6) is 1.69. The van der Waals surface area contributed by atoms with Gasteiger partial charge in [-0.05, 0) is 49.0 Å². The molecule has 1 saturated heterocycles. The maximum absolute atomic E-state index is 5.36. The zero-order valence-electron chi connectivity index (χ0n) is 12.2. The quantitative estimate of drug-likeness (QED) is 0.789. The molecule has 1 aliphatic rings. The number of ether oxygens (including phenoxy) is 1. The summed E-state index contributed by atoms with van der Waals surface area (Å²) in [5.41, 5.74) is 1.66. The molecule has 1 aromatic carbocycles. The number of likely N-dealkylation sites (tertiary alicyclic amines) is 1. The van der Waals surface area contributed by atoms with Crippen LogP contribution in [0, 0.1) is 11.3 Å². The third-order valence-electron chi connectivity index (χ3n) is 4.74. The van der Waals surface area contributed by atoms with E-state index in [0.29, 0.717) is 11.5 Å². The first kappa shape index (κ1) is 13.4. The van der Waals surface area contributed by atoms with Gasteiger partial charge >= 0.3 is 0 Å². The first-order chi connectivity index (χ1) is 8.46. The highest BCUT2D eigenvalue weighted by molar-refractivity contribution is 5.32. The predicted molar refractivity (Wildman–Crippen MR) is 75.9 cm³/mol. The normalized spacial score (nSPS) is 28.1. The van der Waals surface area contributed by atoms with Gasteiger partial charge in [-0.2, -0.15) is 0 Å². The maximum Gasteiger partial charge on any atom is 0.119 e. The second-order valence-electron chi connectivity index (χ2n) is 6.17. The summed E-state index contributed by atoms with van der Waals surface area (Å²) >= 11 is 0. The molecule has 100 valence electrons. The largest absolute Gasteiger partial charge is 0.497 e. The van der Waals surface area contributed by atoms with Crippen molar-refractivity contribution in [2.45, 2.75) is 33.2 Å². The van der Waals surface area contributed by atoms with Gasteiger partial charge in [0.1, 0.15) is 5.75 Å². The van der Waals surface area contributed by atoms with Crippen molar-refractivity contribution in [2.24, 2.45) is 11.3 Å². The first-order valence-electron chi connectivity index (χ1n) is 6.81. The number of piperidine rings is 1. The van der Waals surface area contributed by atoms with Gasteiger partial charge in [0.05, 0.1) is 7.11 Å². The Balaban J connectivity index is 2.39. The Hall–Kier alpha value is -1.02. The van der Waals surface area contributed by atoms with E-state index < -0.39 is 0 Å². The molecule has 1 fully saturated rings. The Labute approximate surface area is 111 Å². The van der Waals surface area contributed by atoms with Gasteiger partial charge in [-0.3, -0.25) is 4.90 Å². The Morgan fingerprint density at radius 1 is 1.33 bits per heavy atom. The van der Waals surface area contributed by atoms with Gasteiger partial charge in [0, 0.05) is 6.04 Å². The van der Waals surface area contributed by atoms with Crippen LogP contribution in [0.5, 0.6) is 5.75 Å². The van der Waals surface area contributed by atoms with E-state index in [1.54, 1.807) is 7.11 Å². The standard InChI is InChI=1S/C16H25NO/c1-12-9-10-17(4)15(16(12,2)3)13-7-6-8-14(11-13)18-5/h6-8,11-12,15H,9-10H2,1-5H3. The lowest BCUT2D eigenvalue weighted by Gasteiger charge is -2.49. The second kappa shape index (κ2) is 4.93. The summed E-state index contributed by atoms with van der Waals surface area (Å²) in [6.45, 7) is 8.32. The van der Waals surface area contributed by atoms with E-state index in [-0.39, 0.29) is 0 Å². The minimum Gasteiger partial charge on any atom is -0.497 e. The first-order valence-corrected chi connectivity index (χ1v) is 6.81. The van der Waals surface area contributed by atoms with Crippen LogP contribution >= 0.6 is 0 Å². The third kappa shape index (κ3) is 2.26. The van der Waals surface area contributed by atoms with E-state index in [1.165, 1.54) is 18.5 Å². The summed E-state index contributed by atoms with van der Waals surface area (Å²) in [4.78, 5) is 2.48. The molecule has 0 radical (unpaired) electrons. The lowest BCUT2D eigenvalue weighted by molar-refractivity contribution is 0.00976. The molecule has 1 aromatic rings. The molecule has 1 heterocycles. The van der Waals surface area contributed by atoms with Crippen molar-refractivity contribution >= 4 is 0 Å². The molecule has 0 amide bonds. The molecule has 2 atom stereocenters. The zero-order valence-corrected chi connectivity index (χ0v) is 12.2. The number of nitrogens with zero attached hydrogens (tertiary/aromatic N) is 1. The van der Waals surface area contributed by atoms with Crippen LogP contribution in [-0.2, 0) is 0 Å². The molecule has 2 unspecified atom stereocenters. The van der Waals surface area contributed by atoms with E-state index in [2.05, 4.69) is 50.9 Å². The van der Waals surface area contributed by atoms with Crippen molar-refractivity contribution in [3.05, 3.63) is 29.8 Å². The van der Waals surface area contributed by atoms with Crippen LogP contribution in [0.3, 0.4) is 0 Å². The molecule has 2 heteroatoms. The van der Waals surface area contributed by atoms with Crippen LogP contribution < -0.4 is 4.74 Å². The summed E-state index contributed by atoms with van der Waals surface area (Å²) < 4.78 is 5.36. The van der Waals surface area contributed by atoms with Crippen molar-refractivity contribution < 1.29 is 4.74 Å². The minimum atomic E-state index is 0.291. The lowest BCUT2D eigenvalue weighted by Crippen LogP contribution is -2.45. The highest BCUT2D eigenvalue weighted by Gasteiger charge is 2.41. The summed E-state index contributed by atoms with van der Waals surface area (Å²) in [7, 11) is 3.97. The van der Waals surface area contributed by atoms with E-state index in [9.17, 15) is 0 Å². The highest BCUT2D eigenvalue weighted by Crippen LogP contribution is 2.48. The topological polar surface area (TPSA) is 12.5 Å². The molecule has 0 aromatic heterocycles. The fourth-order valence-electron chi connectivity index (χ4n) is 3.23. The molecule has 0 N–H and O–H groups in total. The monoisotopic (exact) mass is 247 g/mol. The Kier molecular flexibility index (Phi) is 3.67. The van der Waals surface area contributed by atoms with Gasteiger partial charge in [-0.15, -0.1) is 0 Å². The predicted octanol–water partition coefficient (Wildman–Crippen LogP) is 3.73. The van der Waals surface area contributed by atoms with Crippen molar-refractivity contribution in [3.63, 3.8) is 0 Å². The molecular weight excluding hydrogens is 222 g/mol.